The summed E-state index contributed by atoms with van der Waals surface area (Å²) < 4.78 is 9.32. The number of carbonyl (C=O) groups is 2. The van der Waals surface area contributed by atoms with Crippen LogP contribution in [0.2, 0.25) is 0 Å². The summed E-state index contributed by atoms with van der Waals surface area (Å²) in [5, 5.41) is 2.94. The molecule has 1 N–H and O–H groups in total. The molecule has 2 aromatic rings. The lowest BCUT2D eigenvalue weighted by Crippen LogP contribution is -2.41. The van der Waals surface area contributed by atoms with E-state index in [9.17, 15) is 9.59 Å². The van der Waals surface area contributed by atoms with Crippen LogP contribution in [-0.4, -0.2) is 30.8 Å². The summed E-state index contributed by atoms with van der Waals surface area (Å²) in [6, 6.07) is 14.8. The molecule has 136 valence electrons. The second-order valence-corrected chi connectivity index (χ2v) is 7.65. The molecule has 2 unspecified atom stereocenters. The zero-order valence-electron chi connectivity index (χ0n) is 14.9. The number of benzene rings is 2. The molecule has 0 aliphatic carbocycles. The Morgan fingerprint density at radius 1 is 1.19 bits per heavy atom. The standard InChI is InChI=1S/C20H21NO4S/c1-13-7-9-16(10-8-13)26-20(19(23)25-3)12-17(22)21-18(20)14-5-4-6-15(11-14)24-2/h4-11,18H,12H2,1-3H3,(H,21,22). The molecule has 1 aliphatic rings. The number of aryl methyl sites for hydroxylation is 1. The summed E-state index contributed by atoms with van der Waals surface area (Å²) in [7, 11) is 2.94. The molecule has 1 heterocycles. The summed E-state index contributed by atoms with van der Waals surface area (Å²) in [6.07, 6.45) is 0.0556. The minimum absolute atomic E-state index is 0.0556. The maximum Gasteiger partial charge on any atom is 0.325 e. The average molecular weight is 371 g/mol. The van der Waals surface area contributed by atoms with Gasteiger partial charge in [0.15, 0.2) is 4.75 Å². The van der Waals surface area contributed by atoms with Gasteiger partial charge in [0, 0.05) is 4.90 Å². The van der Waals surface area contributed by atoms with Gasteiger partial charge in [-0.1, -0.05) is 29.8 Å². The molecule has 2 aromatic carbocycles. The first-order valence-electron chi connectivity index (χ1n) is 8.26. The lowest BCUT2D eigenvalue weighted by atomic mass is 9.93. The van der Waals surface area contributed by atoms with Crippen LogP contribution in [0.15, 0.2) is 53.4 Å². The molecule has 1 aliphatic heterocycles. The minimum atomic E-state index is -1.08. The van der Waals surface area contributed by atoms with Gasteiger partial charge in [0.2, 0.25) is 5.91 Å². The van der Waals surface area contributed by atoms with Gasteiger partial charge in [-0.25, -0.2) is 0 Å². The number of methoxy groups -OCH3 is 2. The predicted octanol–water partition coefficient (Wildman–Crippen LogP) is 3.27. The highest BCUT2D eigenvalue weighted by atomic mass is 32.2. The van der Waals surface area contributed by atoms with Gasteiger partial charge in [-0.05, 0) is 36.8 Å². The van der Waals surface area contributed by atoms with Crippen LogP contribution in [0.1, 0.15) is 23.6 Å². The summed E-state index contributed by atoms with van der Waals surface area (Å²) in [5.74, 6) is 0.0693. The van der Waals surface area contributed by atoms with E-state index in [1.807, 2.05) is 55.5 Å². The molecule has 6 heteroatoms. The van der Waals surface area contributed by atoms with E-state index in [1.54, 1.807) is 7.11 Å². The highest BCUT2D eigenvalue weighted by Crippen LogP contribution is 2.49. The molecule has 1 saturated heterocycles. The molecule has 26 heavy (non-hydrogen) atoms. The summed E-state index contributed by atoms with van der Waals surface area (Å²) in [5.41, 5.74) is 1.94. The quantitative estimate of drug-likeness (QED) is 0.817. The lowest BCUT2D eigenvalue weighted by Gasteiger charge is -2.31. The van der Waals surface area contributed by atoms with Crippen molar-refractivity contribution in [3.8, 4) is 5.75 Å². The first kappa shape index (κ1) is 18.3. The van der Waals surface area contributed by atoms with Crippen molar-refractivity contribution in [1.29, 1.82) is 0 Å². The van der Waals surface area contributed by atoms with Crippen LogP contribution in [0, 0.1) is 6.92 Å². The SMILES string of the molecule is COC(=O)C1(Sc2ccc(C)cc2)CC(=O)NC1c1cccc(OC)c1. The number of rotatable bonds is 5. The molecule has 0 spiro atoms. The van der Waals surface area contributed by atoms with Crippen molar-refractivity contribution in [2.75, 3.05) is 14.2 Å². The Morgan fingerprint density at radius 2 is 1.92 bits per heavy atom. The van der Waals surface area contributed by atoms with E-state index in [4.69, 9.17) is 9.47 Å². The fourth-order valence-corrected chi connectivity index (χ4v) is 4.53. The van der Waals surface area contributed by atoms with Crippen molar-refractivity contribution in [3.63, 3.8) is 0 Å². The van der Waals surface area contributed by atoms with Crippen LogP contribution in [0.4, 0.5) is 0 Å². The third-order valence-electron chi connectivity index (χ3n) is 4.47. The monoisotopic (exact) mass is 371 g/mol. The molecule has 1 fully saturated rings. The Hall–Kier alpha value is -2.47. The van der Waals surface area contributed by atoms with Crippen molar-refractivity contribution in [2.24, 2.45) is 0 Å². The van der Waals surface area contributed by atoms with E-state index < -0.39 is 16.8 Å². The Labute approximate surface area is 157 Å². The molecule has 1 amide bonds. The molecule has 0 bridgehead atoms. The van der Waals surface area contributed by atoms with Gasteiger partial charge < -0.3 is 14.8 Å². The molecule has 0 radical (unpaired) electrons. The lowest BCUT2D eigenvalue weighted by molar-refractivity contribution is -0.144. The highest BCUT2D eigenvalue weighted by molar-refractivity contribution is 8.01. The minimum Gasteiger partial charge on any atom is -0.497 e. The predicted molar refractivity (Wildman–Crippen MR) is 100 cm³/mol. The molecule has 3 rings (SSSR count). The maximum atomic E-state index is 12.8. The number of ether oxygens (including phenoxy) is 2. The van der Waals surface area contributed by atoms with Crippen LogP contribution < -0.4 is 10.1 Å². The van der Waals surface area contributed by atoms with E-state index in [-0.39, 0.29) is 12.3 Å². The third-order valence-corrected chi connectivity index (χ3v) is 5.89. The van der Waals surface area contributed by atoms with Crippen molar-refractivity contribution >= 4 is 23.6 Å². The molecule has 5 nitrogen and oxygen atoms in total. The second kappa shape index (κ2) is 7.41. The van der Waals surface area contributed by atoms with E-state index in [1.165, 1.54) is 18.9 Å². The number of hydrogen-bond donors (Lipinski definition) is 1. The summed E-state index contributed by atoms with van der Waals surface area (Å²) in [4.78, 5) is 26.0. The first-order chi connectivity index (χ1) is 12.5. The van der Waals surface area contributed by atoms with Crippen molar-refractivity contribution in [3.05, 3.63) is 59.7 Å². The molecular weight excluding hydrogens is 350 g/mol. The van der Waals surface area contributed by atoms with Crippen LogP contribution >= 0.6 is 11.8 Å². The number of esters is 1. The second-order valence-electron chi connectivity index (χ2n) is 6.25. The Kier molecular flexibility index (Phi) is 5.23. The topological polar surface area (TPSA) is 64.6 Å². The van der Waals surface area contributed by atoms with Gasteiger partial charge in [-0.3, -0.25) is 9.59 Å². The van der Waals surface area contributed by atoms with Gasteiger partial charge in [0.25, 0.3) is 0 Å². The summed E-state index contributed by atoms with van der Waals surface area (Å²) in [6.45, 7) is 2.00. The number of amides is 1. The van der Waals surface area contributed by atoms with Crippen LogP contribution in [-0.2, 0) is 14.3 Å². The zero-order valence-corrected chi connectivity index (χ0v) is 15.8. The Balaban J connectivity index is 2.06. The van der Waals surface area contributed by atoms with E-state index in [0.29, 0.717) is 5.75 Å². The number of hydrogen-bond acceptors (Lipinski definition) is 5. The number of carbonyl (C=O) groups excluding carboxylic acids is 2. The number of nitrogens with one attached hydrogen (secondary N) is 1. The van der Waals surface area contributed by atoms with Crippen molar-refractivity contribution in [2.45, 2.75) is 29.0 Å². The van der Waals surface area contributed by atoms with Gasteiger partial charge in [-0.2, -0.15) is 0 Å². The van der Waals surface area contributed by atoms with Gasteiger partial charge >= 0.3 is 5.97 Å². The maximum absolute atomic E-state index is 12.8. The van der Waals surface area contributed by atoms with Gasteiger partial charge in [0.1, 0.15) is 5.75 Å². The number of thioether (sulfide) groups is 1. The highest BCUT2D eigenvalue weighted by Gasteiger charge is 2.55. The van der Waals surface area contributed by atoms with Crippen LogP contribution in [0.25, 0.3) is 0 Å². The van der Waals surface area contributed by atoms with Crippen LogP contribution in [0.3, 0.4) is 0 Å². The largest absolute Gasteiger partial charge is 0.497 e. The third kappa shape index (κ3) is 3.42. The Bertz CT molecular complexity index is 821. The molecular formula is C20H21NO4S. The Morgan fingerprint density at radius 3 is 2.58 bits per heavy atom. The van der Waals surface area contributed by atoms with E-state index in [2.05, 4.69) is 5.32 Å². The van der Waals surface area contributed by atoms with Crippen molar-refractivity contribution in [1.82, 2.24) is 5.32 Å². The van der Waals surface area contributed by atoms with Gasteiger partial charge in [0.05, 0.1) is 26.7 Å². The fourth-order valence-electron chi connectivity index (χ4n) is 3.16. The first-order valence-corrected chi connectivity index (χ1v) is 9.07. The molecule has 0 saturated carbocycles. The average Bonchev–Trinajstić information content (AvgIpc) is 3.00. The summed E-state index contributed by atoms with van der Waals surface area (Å²) >= 11 is 1.36. The van der Waals surface area contributed by atoms with Crippen molar-refractivity contribution < 1.29 is 19.1 Å². The zero-order chi connectivity index (χ0) is 18.7. The van der Waals surface area contributed by atoms with E-state index in [0.717, 1.165) is 16.0 Å². The van der Waals surface area contributed by atoms with Crippen LogP contribution in [0.5, 0.6) is 5.75 Å². The smallest absolute Gasteiger partial charge is 0.325 e. The molecule has 0 aromatic heterocycles. The van der Waals surface area contributed by atoms with Gasteiger partial charge in [-0.15, -0.1) is 11.8 Å². The fraction of sp³-hybridized carbons (Fsp3) is 0.300. The molecule has 2 atom stereocenters. The van der Waals surface area contributed by atoms with E-state index >= 15 is 0 Å². The normalized spacial score (nSPS) is 22.0.